The third-order valence-corrected chi connectivity index (χ3v) is 4.19. The smallest absolute Gasteiger partial charge is 0.143 e. The molecule has 1 N–H and O–H groups in total. The summed E-state index contributed by atoms with van der Waals surface area (Å²) in [6.07, 6.45) is -1.02. The quantitative estimate of drug-likeness (QED) is 0.870. The van der Waals surface area contributed by atoms with Crippen LogP contribution in [0.1, 0.15) is 16.5 Å². The Morgan fingerprint density at radius 2 is 2.12 bits per heavy atom. The van der Waals surface area contributed by atoms with Gasteiger partial charge in [0.15, 0.2) is 0 Å². The lowest BCUT2D eigenvalue weighted by molar-refractivity contribution is 0.218. The second-order valence-electron chi connectivity index (χ2n) is 3.18. The van der Waals surface area contributed by atoms with Gasteiger partial charge in [-0.25, -0.2) is 4.39 Å². The molecule has 1 nitrogen and oxygen atoms in total. The van der Waals surface area contributed by atoms with Gasteiger partial charge in [-0.3, -0.25) is 0 Å². The van der Waals surface area contributed by atoms with Crippen LogP contribution in [0.15, 0.2) is 34.1 Å². The highest BCUT2D eigenvalue weighted by atomic mass is 79.9. The van der Waals surface area contributed by atoms with Gasteiger partial charge in [-0.15, -0.1) is 11.3 Å². The summed E-state index contributed by atoms with van der Waals surface area (Å²) in [5, 5.41) is 12.2. The van der Waals surface area contributed by atoms with E-state index in [1.165, 1.54) is 11.3 Å². The van der Waals surface area contributed by atoms with Crippen LogP contribution in [0.2, 0.25) is 5.02 Å². The molecule has 0 bridgehead atoms. The largest absolute Gasteiger partial charge is 0.383 e. The van der Waals surface area contributed by atoms with E-state index in [2.05, 4.69) is 15.9 Å². The minimum Gasteiger partial charge on any atom is -0.383 e. The number of thiophene rings is 1. The van der Waals surface area contributed by atoms with E-state index >= 15 is 0 Å². The molecule has 1 atom stereocenters. The van der Waals surface area contributed by atoms with Crippen LogP contribution in [0.3, 0.4) is 0 Å². The topological polar surface area (TPSA) is 20.2 Å². The zero-order valence-corrected chi connectivity index (χ0v) is 11.1. The van der Waals surface area contributed by atoms with Crippen molar-refractivity contribution >= 4 is 38.9 Å². The van der Waals surface area contributed by atoms with Crippen LogP contribution in [0.5, 0.6) is 0 Å². The summed E-state index contributed by atoms with van der Waals surface area (Å²) in [5.41, 5.74) is 0.221. The first-order chi connectivity index (χ1) is 7.61. The van der Waals surface area contributed by atoms with E-state index in [-0.39, 0.29) is 5.56 Å². The van der Waals surface area contributed by atoms with E-state index in [1.54, 1.807) is 29.6 Å². The molecule has 16 heavy (non-hydrogen) atoms. The van der Waals surface area contributed by atoms with E-state index in [0.29, 0.717) is 14.4 Å². The van der Waals surface area contributed by atoms with Crippen molar-refractivity contribution < 1.29 is 9.50 Å². The molecule has 1 heterocycles. The molecule has 2 rings (SSSR count). The van der Waals surface area contributed by atoms with Gasteiger partial charge in [-0.1, -0.05) is 23.7 Å². The molecule has 0 saturated heterocycles. The highest BCUT2D eigenvalue weighted by molar-refractivity contribution is 9.10. The Hall–Kier alpha value is -0.420. The Morgan fingerprint density at radius 1 is 1.38 bits per heavy atom. The van der Waals surface area contributed by atoms with Crippen molar-refractivity contribution in [2.24, 2.45) is 0 Å². The zero-order chi connectivity index (χ0) is 11.7. The van der Waals surface area contributed by atoms with E-state index in [1.807, 2.05) is 0 Å². The van der Waals surface area contributed by atoms with Crippen molar-refractivity contribution in [3.05, 3.63) is 55.4 Å². The lowest BCUT2D eigenvalue weighted by Crippen LogP contribution is -2.01. The minimum atomic E-state index is -1.02. The fraction of sp³-hybridized carbons (Fsp3) is 0.0909. The van der Waals surface area contributed by atoms with Gasteiger partial charge >= 0.3 is 0 Å². The van der Waals surface area contributed by atoms with Crippen molar-refractivity contribution in [1.82, 2.24) is 0 Å². The number of halogens is 3. The minimum absolute atomic E-state index is 0.221. The average molecular weight is 322 g/mol. The Balaban J connectivity index is 2.46. The van der Waals surface area contributed by atoms with E-state index < -0.39 is 11.9 Å². The molecule has 1 aromatic carbocycles. The van der Waals surface area contributed by atoms with Gasteiger partial charge in [-0.05, 0) is 33.4 Å². The number of rotatable bonds is 2. The average Bonchev–Trinajstić information content (AvgIpc) is 2.68. The second kappa shape index (κ2) is 4.84. The van der Waals surface area contributed by atoms with Crippen LogP contribution in [0, 0.1) is 5.82 Å². The molecular weight excluding hydrogens is 315 g/mol. The van der Waals surface area contributed by atoms with Crippen LogP contribution in [-0.4, -0.2) is 5.11 Å². The first-order valence-electron chi connectivity index (χ1n) is 4.46. The molecule has 0 fully saturated rings. The van der Waals surface area contributed by atoms with Gasteiger partial charge in [-0.2, -0.15) is 0 Å². The maximum absolute atomic E-state index is 13.7. The summed E-state index contributed by atoms with van der Waals surface area (Å²) in [6.45, 7) is 0. The Kier molecular flexibility index (Phi) is 3.64. The molecule has 2 aromatic rings. The van der Waals surface area contributed by atoms with Gasteiger partial charge in [0.1, 0.15) is 11.9 Å². The van der Waals surface area contributed by atoms with Crippen LogP contribution >= 0.6 is 38.9 Å². The molecular formula is C11H7BrClFOS. The molecule has 0 aliphatic rings. The van der Waals surface area contributed by atoms with Crippen molar-refractivity contribution in [3.8, 4) is 0 Å². The molecule has 0 saturated carbocycles. The Bertz CT molecular complexity index is 514. The van der Waals surface area contributed by atoms with Crippen molar-refractivity contribution in [3.63, 3.8) is 0 Å². The number of hydrogen-bond acceptors (Lipinski definition) is 2. The number of aliphatic hydroxyl groups is 1. The summed E-state index contributed by atoms with van der Waals surface area (Å²) in [7, 11) is 0. The third kappa shape index (κ3) is 2.15. The standard InChI is InChI=1S/C11H7BrClFOS/c12-7-3-1-2-6(9(7)14)10(15)11-8(13)4-5-16-11/h1-5,10,15H. The summed E-state index contributed by atoms with van der Waals surface area (Å²) >= 11 is 10.3. The molecule has 0 radical (unpaired) electrons. The van der Waals surface area contributed by atoms with Gasteiger partial charge in [0.25, 0.3) is 0 Å². The van der Waals surface area contributed by atoms with Crippen LogP contribution in [0.4, 0.5) is 4.39 Å². The van der Waals surface area contributed by atoms with E-state index in [9.17, 15) is 9.50 Å². The molecule has 5 heteroatoms. The van der Waals surface area contributed by atoms with Gasteiger partial charge in [0, 0.05) is 5.56 Å². The predicted molar refractivity (Wildman–Crippen MR) is 67.5 cm³/mol. The fourth-order valence-corrected chi connectivity index (χ4v) is 2.92. The lowest BCUT2D eigenvalue weighted by Gasteiger charge is -2.11. The monoisotopic (exact) mass is 320 g/mol. The highest BCUT2D eigenvalue weighted by Gasteiger charge is 2.19. The first-order valence-corrected chi connectivity index (χ1v) is 6.51. The summed E-state index contributed by atoms with van der Waals surface area (Å²) in [4.78, 5) is 0.554. The lowest BCUT2D eigenvalue weighted by atomic mass is 10.1. The van der Waals surface area contributed by atoms with Crippen LogP contribution in [-0.2, 0) is 0 Å². The summed E-state index contributed by atoms with van der Waals surface area (Å²) in [6, 6.07) is 6.48. The molecule has 0 aliphatic heterocycles. The molecule has 0 spiro atoms. The fourth-order valence-electron chi connectivity index (χ4n) is 1.37. The second-order valence-corrected chi connectivity index (χ2v) is 5.39. The van der Waals surface area contributed by atoms with Gasteiger partial charge in [0.2, 0.25) is 0 Å². The maximum atomic E-state index is 13.7. The van der Waals surface area contributed by atoms with E-state index in [0.717, 1.165) is 0 Å². The van der Waals surface area contributed by atoms with Gasteiger partial charge in [0.05, 0.1) is 14.4 Å². The molecule has 1 aromatic heterocycles. The number of aliphatic hydroxyl groups excluding tert-OH is 1. The van der Waals surface area contributed by atoms with Gasteiger partial charge < -0.3 is 5.11 Å². The van der Waals surface area contributed by atoms with Crippen molar-refractivity contribution in [2.75, 3.05) is 0 Å². The summed E-state index contributed by atoms with van der Waals surface area (Å²) in [5.74, 6) is -0.459. The third-order valence-electron chi connectivity index (χ3n) is 2.17. The maximum Gasteiger partial charge on any atom is 0.143 e. The predicted octanol–water partition coefficient (Wildman–Crippen LogP) is 4.38. The SMILES string of the molecule is OC(c1cccc(Br)c1F)c1sccc1Cl. The zero-order valence-electron chi connectivity index (χ0n) is 7.95. The van der Waals surface area contributed by atoms with E-state index in [4.69, 9.17) is 11.6 Å². The first kappa shape index (κ1) is 12.0. The Morgan fingerprint density at radius 3 is 2.75 bits per heavy atom. The molecule has 0 amide bonds. The normalized spacial score (nSPS) is 12.8. The van der Waals surface area contributed by atoms with Crippen molar-refractivity contribution in [1.29, 1.82) is 0 Å². The summed E-state index contributed by atoms with van der Waals surface area (Å²) < 4.78 is 14.1. The Labute approximate surface area is 110 Å². The molecule has 0 aliphatic carbocycles. The van der Waals surface area contributed by atoms with Crippen molar-refractivity contribution in [2.45, 2.75) is 6.10 Å². The number of benzene rings is 1. The molecule has 1 unspecified atom stereocenters. The van der Waals surface area contributed by atoms with Crippen LogP contribution in [0.25, 0.3) is 0 Å². The number of hydrogen-bond donors (Lipinski definition) is 1. The molecule has 84 valence electrons. The highest BCUT2D eigenvalue weighted by Crippen LogP contribution is 2.35. The van der Waals surface area contributed by atoms with Crippen LogP contribution < -0.4 is 0 Å².